The van der Waals surface area contributed by atoms with E-state index in [4.69, 9.17) is 10.5 Å². The van der Waals surface area contributed by atoms with Gasteiger partial charge in [-0.15, -0.1) is 0 Å². The summed E-state index contributed by atoms with van der Waals surface area (Å²) in [5.41, 5.74) is 5.49. The summed E-state index contributed by atoms with van der Waals surface area (Å²) < 4.78 is 5.51. The molecule has 0 aromatic heterocycles. The lowest BCUT2D eigenvalue weighted by molar-refractivity contribution is -0.144. The van der Waals surface area contributed by atoms with Gasteiger partial charge in [0.25, 0.3) is 5.91 Å². The van der Waals surface area contributed by atoms with Gasteiger partial charge in [0.2, 0.25) is 5.91 Å². The second-order valence-corrected chi connectivity index (χ2v) is 4.98. The maximum Gasteiger partial charge on any atom is 0.251 e. The van der Waals surface area contributed by atoms with Crippen LogP contribution in [0.3, 0.4) is 0 Å². The number of amides is 2. The van der Waals surface area contributed by atoms with Gasteiger partial charge < -0.3 is 20.7 Å². The highest BCUT2D eigenvalue weighted by Crippen LogP contribution is 2.20. The molecule has 1 saturated heterocycles. The van der Waals surface area contributed by atoms with Crippen molar-refractivity contribution in [3.63, 3.8) is 0 Å². The van der Waals surface area contributed by atoms with Crippen molar-refractivity contribution >= 4 is 11.8 Å². The van der Waals surface area contributed by atoms with E-state index in [0.717, 1.165) is 6.42 Å². The second kappa shape index (κ2) is 6.70. The van der Waals surface area contributed by atoms with Gasteiger partial charge in [0.05, 0.1) is 12.6 Å². The molecule has 0 saturated carbocycles. The topological polar surface area (TPSA) is 84.7 Å². The molecule has 1 aliphatic heterocycles. The van der Waals surface area contributed by atoms with E-state index in [1.54, 1.807) is 7.05 Å². The van der Waals surface area contributed by atoms with Crippen LogP contribution < -0.4 is 11.1 Å². The van der Waals surface area contributed by atoms with Crippen LogP contribution in [-0.2, 0) is 14.3 Å². The first-order chi connectivity index (χ1) is 8.43. The third-order valence-electron chi connectivity index (χ3n) is 2.85. The monoisotopic (exact) mass is 257 g/mol. The lowest BCUT2D eigenvalue weighted by Gasteiger charge is -2.21. The SMILES string of the molecule is CC(C)NC(=O)CN(C)C(=O)C1CCC(CN)O1. The Bertz CT molecular complexity index is 307. The number of hydrogen-bond donors (Lipinski definition) is 2. The predicted molar refractivity (Wildman–Crippen MR) is 67.9 cm³/mol. The molecule has 0 bridgehead atoms. The van der Waals surface area contributed by atoms with Crippen molar-refractivity contribution in [3.8, 4) is 0 Å². The highest BCUT2D eigenvalue weighted by atomic mass is 16.5. The molecule has 3 N–H and O–H groups in total. The summed E-state index contributed by atoms with van der Waals surface area (Å²) in [6.45, 7) is 4.25. The molecule has 2 unspecified atom stereocenters. The number of nitrogens with one attached hydrogen (secondary N) is 1. The molecule has 1 fully saturated rings. The van der Waals surface area contributed by atoms with E-state index >= 15 is 0 Å². The van der Waals surface area contributed by atoms with Crippen molar-refractivity contribution < 1.29 is 14.3 Å². The van der Waals surface area contributed by atoms with Crippen molar-refractivity contribution in [3.05, 3.63) is 0 Å². The van der Waals surface area contributed by atoms with Crippen LogP contribution in [0.4, 0.5) is 0 Å². The molecule has 0 spiro atoms. The number of ether oxygens (including phenoxy) is 1. The predicted octanol–water partition coefficient (Wildman–Crippen LogP) is -0.524. The number of nitrogens with two attached hydrogens (primary N) is 1. The number of likely N-dealkylation sites (N-methyl/N-ethyl adjacent to an activating group) is 1. The summed E-state index contributed by atoms with van der Waals surface area (Å²) in [6, 6.07) is 0.0744. The van der Waals surface area contributed by atoms with Crippen LogP contribution in [0.15, 0.2) is 0 Å². The normalized spacial score (nSPS) is 23.2. The minimum Gasteiger partial charge on any atom is -0.364 e. The molecule has 1 rings (SSSR count). The maximum absolute atomic E-state index is 12.0. The molecule has 18 heavy (non-hydrogen) atoms. The van der Waals surface area contributed by atoms with Gasteiger partial charge in [-0.1, -0.05) is 0 Å². The van der Waals surface area contributed by atoms with Crippen LogP contribution >= 0.6 is 0 Å². The maximum atomic E-state index is 12.0. The van der Waals surface area contributed by atoms with Crippen molar-refractivity contribution in [1.29, 1.82) is 0 Å². The lowest BCUT2D eigenvalue weighted by atomic mass is 10.2. The minimum atomic E-state index is -0.449. The molecule has 104 valence electrons. The standard InChI is InChI=1S/C12H23N3O3/c1-8(2)14-11(16)7-15(3)12(17)10-5-4-9(6-13)18-10/h8-10H,4-7,13H2,1-3H3,(H,14,16). The Morgan fingerprint density at radius 3 is 2.61 bits per heavy atom. The number of carbonyl (C=O) groups is 2. The fourth-order valence-electron chi connectivity index (χ4n) is 1.97. The molecule has 0 radical (unpaired) electrons. The summed E-state index contributed by atoms with van der Waals surface area (Å²) in [4.78, 5) is 25.0. The Labute approximate surface area is 108 Å². The van der Waals surface area contributed by atoms with E-state index in [-0.39, 0.29) is 30.5 Å². The van der Waals surface area contributed by atoms with E-state index in [9.17, 15) is 9.59 Å². The lowest BCUT2D eigenvalue weighted by Crippen LogP contribution is -2.44. The van der Waals surface area contributed by atoms with Crippen LogP contribution in [0.5, 0.6) is 0 Å². The fraction of sp³-hybridized carbons (Fsp3) is 0.833. The molecule has 0 aromatic carbocycles. The quantitative estimate of drug-likeness (QED) is 0.694. The first kappa shape index (κ1) is 14.9. The van der Waals surface area contributed by atoms with Crippen LogP contribution in [0.1, 0.15) is 26.7 Å². The van der Waals surface area contributed by atoms with E-state index < -0.39 is 6.10 Å². The van der Waals surface area contributed by atoms with Gasteiger partial charge in [0.15, 0.2) is 0 Å². The Morgan fingerprint density at radius 2 is 2.11 bits per heavy atom. The third kappa shape index (κ3) is 4.27. The van der Waals surface area contributed by atoms with E-state index in [1.807, 2.05) is 13.8 Å². The molecule has 1 aliphatic rings. The summed E-state index contributed by atoms with van der Waals surface area (Å²) in [5.74, 6) is -0.306. The number of nitrogens with zero attached hydrogens (tertiary/aromatic N) is 1. The average molecular weight is 257 g/mol. The zero-order valence-corrected chi connectivity index (χ0v) is 11.3. The van der Waals surface area contributed by atoms with Gasteiger partial charge in [0, 0.05) is 19.6 Å². The van der Waals surface area contributed by atoms with Crippen molar-refractivity contribution in [2.75, 3.05) is 20.1 Å². The number of carbonyl (C=O) groups excluding carboxylic acids is 2. The zero-order chi connectivity index (χ0) is 13.7. The van der Waals surface area contributed by atoms with Crippen LogP contribution in [-0.4, -0.2) is 55.1 Å². The largest absolute Gasteiger partial charge is 0.364 e. The molecule has 2 amide bonds. The first-order valence-corrected chi connectivity index (χ1v) is 6.34. The van der Waals surface area contributed by atoms with E-state index in [2.05, 4.69) is 5.32 Å². The van der Waals surface area contributed by atoms with Crippen LogP contribution in [0, 0.1) is 0 Å². The van der Waals surface area contributed by atoms with Gasteiger partial charge in [-0.2, -0.15) is 0 Å². The number of hydrogen-bond acceptors (Lipinski definition) is 4. The summed E-state index contributed by atoms with van der Waals surface area (Å²) in [6.07, 6.45) is 1.00. The highest BCUT2D eigenvalue weighted by molar-refractivity contribution is 5.87. The van der Waals surface area contributed by atoms with Crippen molar-refractivity contribution in [2.45, 2.75) is 44.9 Å². The summed E-state index contributed by atoms with van der Waals surface area (Å²) >= 11 is 0. The number of rotatable bonds is 5. The van der Waals surface area contributed by atoms with Crippen molar-refractivity contribution in [1.82, 2.24) is 10.2 Å². The molecule has 6 nitrogen and oxygen atoms in total. The molecule has 0 aliphatic carbocycles. The molecule has 0 aromatic rings. The Kier molecular flexibility index (Phi) is 5.55. The van der Waals surface area contributed by atoms with Gasteiger partial charge >= 0.3 is 0 Å². The van der Waals surface area contributed by atoms with Gasteiger partial charge in [-0.3, -0.25) is 9.59 Å². The van der Waals surface area contributed by atoms with E-state index in [0.29, 0.717) is 13.0 Å². The van der Waals surface area contributed by atoms with Crippen molar-refractivity contribution in [2.24, 2.45) is 5.73 Å². The minimum absolute atomic E-state index is 0.0307. The summed E-state index contributed by atoms with van der Waals surface area (Å²) in [5, 5.41) is 2.75. The van der Waals surface area contributed by atoms with E-state index in [1.165, 1.54) is 4.90 Å². The molecular weight excluding hydrogens is 234 g/mol. The Hall–Kier alpha value is -1.14. The van der Waals surface area contributed by atoms with Crippen LogP contribution in [0.2, 0.25) is 0 Å². The van der Waals surface area contributed by atoms with Gasteiger partial charge in [-0.25, -0.2) is 0 Å². The molecule has 6 heteroatoms. The Balaban J connectivity index is 2.40. The highest BCUT2D eigenvalue weighted by Gasteiger charge is 2.32. The zero-order valence-electron chi connectivity index (χ0n) is 11.3. The Morgan fingerprint density at radius 1 is 1.44 bits per heavy atom. The smallest absolute Gasteiger partial charge is 0.251 e. The molecule has 1 heterocycles. The van der Waals surface area contributed by atoms with Gasteiger partial charge in [-0.05, 0) is 26.7 Å². The fourth-order valence-corrected chi connectivity index (χ4v) is 1.97. The summed E-state index contributed by atoms with van der Waals surface area (Å²) in [7, 11) is 1.61. The molecule has 2 atom stereocenters. The van der Waals surface area contributed by atoms with Crippen LogP contribution in [0.25, 0.3) is 0 Å². The van der Waals surface area contributed by atoms with Gasteiger partial charge in [0.1, 0.15) is 6.10 Å². The first-order valence-electron chi connectivity index (χ1n) is 6.34. The second-order valence-electron chi connectivity index (χ2n) is 4.98. The third-order valence-corrected chi connectivity index (χ3v) is 2.85. The average Bonchev–Trinajstić information content (AvgIpc) is 2.75. The molecular formula is C12H23N3O3.